The van der Waals surface area contributed by atoms with Crippen molar-refractivity contribution in [3.05, 3.63) is 53.5 Å². The van der Waals surface area contributed by atoms with Gasteiger partial charge < -0.3 is 4.40 Å². The van der Waals surface area contributed by atoms with Gasteiger partial charge in [0.15, 0.2) is 5.65 Å². The molecule has 2 aromatic heterocycles. The van der Waals surface area contributed by atoms with E-state index in [0.29, 0.717) is 0 Å². The molecule has 0 aliphatic heterocycles. The van der Waals surface area contributed by atoms with Crippen molar-refractivity contribution < 1.29 is 0 Å². The summed E-state index contributed by atoms with van der Waals surface area (Å²) in [4.78, 5) is 8.68. The number of rotatable bonds is 1. The van der Waals surface area contributed by atoms with Gasteiger partial charge in [-0.1, -0.05) is 30.3 Å². The molecule has 0 aliphatic carbocycles. The molecule has 1 aromatic carbocycles. The first kappa shape index (κ1) is 9.54. The zero-order chi connectivity index (χ0) is 11.0. The zero-order valence-electron chi connectivity index (χ0n) is 8.34. The molecule has 0 radical (unpaired) electrons. The van der Waals surface area contributed by atoms with Gasteiger partial charge >= 0.3 is 0 Å². The number of fused-ring (bicyclic) bond motifs is 1. The number of aromatic nitrogens is 3. The molecule has 0 saturated carbocycles. The third kappa shape index (κ3) is 1.51. The smallest absolute Gasteiger partial charge is 0.170 e. The first-order chi connectivity index (χ1) is 7.84. The molecule has 0 N–H and O–H groups in total. The molecule has 0 aliphatic rings. The van der Waals surface area contributed by atoms with Gasteiger partial charge in [-0.3, -0.25) is 0 Å². The highest BCUT2D eigenvalue weighted by Gasteiger charge is 2.05. The standard InChI is InChI=1S/C12H8BrN3/c13-11-12-14-6-7-16(12)8-10(15-11)9-4-2-1-3-5-9/h1-8H. The van der Waals surface area contributed by atoms with Gasteiger partial charge in [-0.05, 0) is 15.9 Å². The normalized spacial score (nSPS) is 10.8. The third-order valence-electron chi connectivity index (χ3n) is 2.40. The van der Waals surface area contributed by atoms with Crippen LogP contribution in [0.2, 0.25) is 0 Å². The SMILES string of the molecule is Brc1nc(-c2ccccc2)cn2ccnc12. The van der Waals surface area contributed by atoms with Crippen LogP contribution in [-0.4, -0.2) is 14.4 Å². The molecule has 16 heavy (non-hydrogen) atoms. The van der Waals surface area contributed by atoms with Crippen molar-refractivity contribution in [1.82, 2.24) is 14.4 Å². The Hall–Kier alpha value is -1.68. The first-order valence-corrected chi connectivity index (χ1v) is 5.68. The summed E-state index contributed by atoms with van der Waals surface area (Å²) in [5.41, 5.74) is 2.86. The third-order valence-corrected chi connectivity index (χ3v) is 2.93. The van der Waals surface area contributed by atoms with E-state index in [-0.39, 0.29) is 0 Å². The van der Waals surface area contributed by atoms with Crippen LogP contribution >= 0.6 is 15.9 Å². The van der Waals surface area contributed by atoms with Gasteiger partial charge in [-0.15, -0.1) is 0 Å². The fraction of sp³-hybridized carbons (Fsp3) is 0. The molecule has 0 unspecified atom stereocenters. The van der Waals surface area contributed by atoms with E-state index in [2.05, 4.69) is 25.9 Å². The molecule has 0 fully saturated rings. The fourth-order valence-electron chi connectivity index (χ4n) is 1.64. The van der Waals surface area contributed by atoms with Gasteiger partial charge in [-0.25, -0.2) is 9.97 Å². The summed E-state index contributed by atoms with van der Waals surface area (Å²) < 4.78 is 2.72. The highest BCUT2D eigenvalue weighted by molar-refractivity contribution is 9.10. The van der Waals surface area contributed by atoms with Gasteiger partial charge in [0, 0.05) is 24.2 Å². The van der Waals surface area contributed by atoms with Crippen molar-refractivity contribution in [1.29, 1.82) is 0 Å². The Morgan fingerprint density at radius 2 is 1.94 bits per heavy atom. The molecule has 0 amide bonds. The first-order valence-electron chi connectivity index (χ1n) is 4.89. The summed E-state index contributed by atoms with van der Waals surface area (Å²) >= 11 is 3.43. The van der Waals surface area contributed by atoms with Gasteiger partial charge in [0.05, 0.1) is 5.69 Å². The van der Waals surface area contributed by atoms with Gasteiger partial charge in [0.1, 0.15) is 4.60 Å². The Morgan fingerprint density at radius 1 is 1.12 bits per heavy atom. The zero-order valence-corrected chi connectivity index (χ0v) is 9.92. The van der Waals surface area contributed by atoms with Crippen LogP contribution in [0.1, 0.15) is 0 Å². The highest BCUT2D eigenvalue weighted by Crippen LogP contribution is 2.21. The second-order valence-corrected chi connectivity index (χ2v) is 4.19. The molecule has 2 heterocycles. The topological polar surface area (TPSA) is 30.2 Å². The number of hydrogen-bond donors (Lipinski definition) is 0. The van der Waals surface area contributed by atoms with Crippen LogP contribution < -0.4 is 0 Å². The Morgan fingerprint density at radius 3 is 2.75 bits per heavy atom. The van der Waals surface area contributed by atoms with E-state index in [1.807, 2.05) is 47.1 Å². The van der Waals surface area contributed by atoms with Gasteiger partial charge in [-0.2, -0.15) is 0 Å². The molecule has 0 bridgehead atoms. The van der Waals surface area contributed by atoms with Gasteiger partial charge in [0.2, 0.25) is 0 Å². The van der Waals surface area contributed by atoms with Crippen molar-refractivity contribution in [2.75, 3.05) is 0 Å². The maximum atomic E-state index is 4.48. The van der Waals surface area contributed by atoms with Crippen LogP contribution in [0.25, 0.3) is 16.9 Å². The Balaban J connectivity index is 2.25. The predicted molar refractivity (Wildman–Crippen MR) is 66.1 cm³/mol. The van der Waals surface area contributed by atoms with Crippen LogP contribution in [0.5, 0.6) is 0 Å². The average molecular weight is 274 g/mol. The average Bonchev–Trinajstić information content (AvgIpc) is 2.79. The predicted octanol–water partition coefficient (Wildman–Crippen LogP) is 3.16. The molecule has 3 aromatic rings. The molecule has 3 rings (SSSR count). The molecular formula is C12H8BrN3. The van der Waals surface area contributed by atoms with Crippen LogP contribution in [0.4, 0.5) is 0 Å². The van der Waals surface area contributed by atoms with Crippen LogP contribution in [-0.2, 0) is 0 Å². The van der Waals surface area contributed by atoms with E-state index < -0.39 is 0 Å². The van der Waals surface area contributed by atoms with E-state index >= 15 is 0 Å². The lowest BCUT2D eigenvalue weighted by molar-refractivity contribution is 1.11. The van der Waals surface area contributed by atoms with Crippen molar-refractivity contribution in [2.45, 2.75) is 0 Å². The van der Waals surface area contributed by atoms with Crippen molar-refractivity contribution in [3.8, 4) is 11.3 Å². The number of halogens is 1. The summed E-state index contributed by atoms with van der Waals surface area (Å²) in [6.07, 6.45) is 5.65. The Kier molecular flexibility index (Phi) is 2.22. The molecule has 3 nitrogen and oxygen atoms in total. The van der Waals surface area contributed by atoms with Crippen molar-refractivity contribution in [3.63, 3.8) is 0 Å². The van der Waals surface area contributed by atoms with Crippen molar-refractivity contribution >= 4 is 21.6 Å². The monoisotopic (exact) mass is 273 g/mol. The van der Waals surface area contributed by atoms with Crippen LogP contribution in [0, 0.1) is 0 Å². The number of hydrogen-bond acceptors (Lipinski definition) is 2. The summed E-state index contributed by atoms with van der Waals surface area (Å²) in [6, 6.07) is 10.1. The van der Waals surface area contributed by atoms with Crippen molar-refractivity contribution in [2.24, 2.45) is 0 Å². The van der Waals surface area contributed by atoms with E-state index in [4.69, 9.17) is 0 Å². The van der Waals surface area contributed by atoms with E-state index in [9.17, 15) is 0 Å². The number of nitrogens with zero attached hydrogens (tertiary/aromatic N) is 3. The van der Waals surface area contributed by atoms with E-state index in [1.54, 1.807) is 6.20 Å². The maximum Gasteiger partial charge on any atom is 0.170 e. The van der Waals surface area contributed by atoms with Gasteiger partial charge in [0.25, 0.3) is 0 Å². The molecule has 0 saturated heterocycles. The maximum absolute atomic E-state index is 4.48. The molecule has 0 spiro atoms. The summed E-state index contributed by atoms with van der Waals surface area (Å²) in [5, 5.41) is 0. The van der Waals surface area contributed by atoms with E-state index in [0.717, 1.165) is 21.5 Å². The molecular weight excluding hydrogens is 266 g/mol. The minimum atomic E-state index is 0.763. The quantitative estimate of drug-likeness (QED) is 0.682. The number of benzene rings is 1. The summed E-state index contributed by atoms with van der Waals surface area (Å²) in [6.45, 7) is 0. The van der Waals surface area contributed by atoms with Crippen LogP contribution in [0.3, 0.4) is 0 Å². The summed E-state index contributed by atoms with van der Waals surface area (Å²) in [5.74, 6) is 0. The molecule has 0 atom stereocenters. The lowest BCUT2D eigenvalue weighted by Crippen LogP contribution is -1.92. The molecule has 78 valence electrons. The number of imidazole rings is 1. The van der Waals surface area contributed by atoms with E-state index in [1.165, 1.54) is 0 Å². The second-order valence-electron chi connectivity index (χ2n) is 3.44. The lowest BCUT2D eigenvalue weighted by Gasteiger charge is -2.03. The Bertz CT molecular complexity index is 631. The minimum Gasteiger partial charge on any atom is -0.303 e. The fourth-order valence-corrected chi connectivity index (χ4v) is 2.14. The summed E-state index contributed by atoms with van der Waals surface area (Å²) in [7, 11) is 0. The molecule has 4 heteroatoms. The Labute approximate surface area is 101 Å². The largest absolute Gasteiger partial charge is 0.303 e. The highest BCUT2D eigenvalue weighted by atomic mass is 79.9. The second kappa shape index (κ2) is 3.72. The van der Waals surface area contributed by atoms with Crippen LogP contribution in [0.15, 0.2) is 53.5 Å². The lowest BCUT2D eigenvalue weighted by atomic mass is 10.2. The minimum absolute atomic E-state index is 0.763.